The SMILES string of the molecule is Cc1cc(Br)cc(C)c1NC(=O)c1cnc(NN)cn1. The number of rotatable bonds is 3. The Morgan fingerprint density at radius 2 is 1.85 bits per heavy atom. The maximum Gasteiger partial charge on any atom is 0.275 e. The minimum Gasteiger partial charge on any atom is -0.320 e. The molecule has 104 valence electrons. The number of nitrogens with one attached hydrogen (secondary N) is 2. The highest BCUT2D eigenvalue weighted by atomic mass is 79.9. The molecule has 0 bridgehead atoms. The Bertz CT molecular complexity index is 619. The number of carbonyl (C=O) groups excluding carboxylic acids is 1. The number of carbonyl (C=O) groups is 1. The van der Waals surface area contributed by atoms with Gasteiger partial charge in [0.2, 0.25) is 0 Å². The molecule has 6 nitrogen and oxygen atoms in total. The van der Waals surface area contributed by atoms with Crippen LogP contribution in [0.2, 0.25) is 0 Å². The van der Waals surface area contributed by atoms with Crippen molar-refractivity contribution < 1.29 is 4.79 Å². The fraction of sp³-hybridized carbons (Fsp3) is 0.154. The Morgan fingerprint density at radius 3 is 2.35 bits per heavy atom. The van der Waals surface area contributed by atoms with Crippen LogP contribution in [0.1, 0.15) is 21.6 Å². The van der Waals surface area contributed by atoms with Gasteiger partial charge in [-0.2, -0.15) is 0 Å². The van der Waals surface area contributed by atoms with E-state index in [4.69, 9.17) is 5.84 Å². The Kier molecular flexibility index (Phi) is 4.31. The molecule has 0 unspecified atom stereocenters. The molecule has 1 amide bonds. The van der Waals surface area contributed by atoms with E-state index in [0.29, 0.717) is 5.82 Å². The van der Waals surface area contributed by atoms with Crippen molar-refractivity contribution in [3.8, 4) is 0 Å². The van der Waals surface area contributed by atoms with Crippen molar-refractivity contribution in [2.24, 2.45) is 5.84 Å². The average molecular weight is 336 g/mol. The van der Waals surface area contributed by atoms with Gasteiger partial charge in [0.25, 0.3) is 5.91 Å². The Morgan fingerprint density at radius 1 is 1.20 bits per heavy atom. The summed E-state index contributed by atoms with van der Waals surface area (Å²) in [5.74, 6) is 5.29. The largest absolute Gasteiger partial charge is 0.320 e. The van der Waals surface area contributed by atoms with E-state index >= 15 is 0 Å². The van der Waals surface area contributed by atoms with Gasteiger partial charge in [0.1, 0.15) is 5.69 Å². The quantitative estimate of drug-likeness (QED) is 0.591. The van der Waals surface area contributed by atoms with Crippen molar-refractivity contribution >= 4 is 33.3 Å². The molecule has 0 aliphatic heterocycles. The lowest BCUT2D eigenvalue weighted by atomic mass is 10.1. The summed E-state index contributed by atoms with van der Waals surface area (Å²) in [5.41, 5.74) is 5.30. The summed E-state index contributed by atoms with van der Waals surface area (Å²) >= 11 is 3.42. The van der Waals surface area contributed by atoms with Crippen LogP contribution in [0.25, 0.3) is 0 Å². The molecule has 0 radical (unpaired) electrons. The number of nitrogens with two attached hydrogens (primary N) is 1. The fourth-order valence-corrected chi connectivity index (χ4v) is 2.49. The number of aromatic nitrogens is 2. The zero-order valence-electron chi connectivity index (χ0n) is 11.1. The van der Waals surface area contributed by atoms with E-state index in [1.54, 1.807) is 0 Å². The highest BCUT2D eigenvalue weighted by Crippen LogP contribution is 2.25. The lowest BCUT2D eigenvalue weighted by Crippen LogP contribution is -2.16. The van der Waals surface area contributed by atoms with Gasteiger partial charge in [-0.1, -0.05) is 15.9 Å². The molecule has 0 saturated carbocycles. The molecule has 20 heavy (non-hydrogen) atoms. The summed E-state index contributed by atoms with van der Waals surface area (Å²) in [6, 6.07) is 3.88. The summed E-state index contributed by atoms with van der Waals surface area (Å²) in [7, 11) is 0. The summed E-state index contributed by atoms with van der Waals surface area (Å²) in [6.45, 7) is 3.86. The lowest BCUT2D eigenvalue weighted by Gasteiger charge is -2.12. The number of benzene rings is 1. The van der Waals surface area contributed by atoms with Crippen LogP contribution in [-0.4, -0.2) is 15.9 Å². The fourth-order valence-electron chi connectivity index (χ4n) is 1.81. The third-order valence-corrected chi connectivity index (χ3v) is 3.23. The molecular weight excluding hydrogens is 322 g/mol. The molecule has 0 aliphatic carbocycles. The maximum absolute atomic E-state index is 12.1. The Balaban J connectivity index is 2.23. The molecule has 0 saturated heterocycles. The third kappa shape index (κ3) is 3.12. The van der Waals surface area contributed by atoms with E-state index in [0.717, 1.165) is 21.3 Å². The van der Waals surface area contributed by atoms with Crippen molar-refractivity contribution in [2.45, 2.75) is 13.8 Å². The number of hydrogen-bond acceptors (Lipinski definition) is 5. The van der Waals surface area contributed by atoms with Crippen LogP contribution in [0.4, 0.5) is 11.5 Å². The first kappa shape index (κ1) is 14.4. The van der Waals surface area contributed by atoms with Gasteiger partial charge in [-0.15, -0.1) is 0 Å². The van der Waals surface area contributed by atoms with Gasteiger partial charge in [0.15, 0.2) is 5.82 Å². The number of hydrogen-bond donors (Lipinski definition) is 3. The van der Waals surface area contributed by atoms with Crippen molar-refractivity contribution in [1.82, 2.24) is 9.97 Å². The molecule has 0 fully saturated rings. The normalized spacial score (nSPS) is 10.2. The van der Waals surface area contributed by atoms with Crippen LogP contribution in [0, 0.1) is 13.8 Å². The van der Waals surface area contributed by atoms with Crippen molar-refractivity contribution in [3.63, 3.8) is 0 Å². The summed E-state index contributed by atoms with van der Waals surface area (Å²) < 4.78 is 0.976. The second kappa shape index (κ2) is 5.98. The highest BCUT2D eigenvalue weighted by Gasteiger charge is 2.12. The third-order valence-electron chi connectivity index (χ3n) is 2.77. The van der Waals surface area contributed by atoms with Gasteiger partial charge in [0, 0.05) is 10.2 Å². The number of anilines is 2. The van der Waals surface area contributed by atoms with E-state index in [-0.39, 0.29) is 11.6 Å². The smallest absolute Gasteiger partial charge is 0.275 e. The second-order valence-corrected chi connectivity index (χ2v) is 5.22. The lowest BCUT2D eigenvalue weighted by molar-refractivity contribution is 0.102. The number of nitrogens with zero attached hydrogens (tertiary/aromatic N) is 2. The number of amides is 1. The highest BCUT2D eigenvalue weighted by molar-refractivity contribution is 9.10. The number of nitrogen functional groups attached to an aromatic ring is 1. The van der Waals surface area contributed by atoms with Crippen molar-refractivity contribution in [2.75, 3.05) is 10.7 Å². The van der Waals surface area contributed by atoms with Crippen molar-refractivity contribution in [3.05, 3.63) is 45.8 Å². The first-order chi connectivity index (χ1) is 9.51. The van der Waals surface area contributed by atoms with E-state index in [1.807, 2.05) is 26.0 Å². The first-order valence-corrected chi connectivity index (χ1v) is 6.67. The maximum atomic E-state index is 12.1. The number of hydrazine groups is 1. The van der Waals surface area contributed by atoms with E-state index in [1.165, 1.54) is 12.4 Å². The van der Waals surface area contributed by atoms with Gasteiger partial charge in [-0.25, -0.2) is 15.8 Å². The van der Waals surface area contributed by atoms with Crippen LogP contribution < -0.4 is 16.6 Å². The molecule has 2 rings (SSSR count). The number of aryl methyl sites for hydroxylation is 2. The van der Waals surface area contributed by atoms with Crippen LogP contribution in [0.15, 0.2) is 29.0 Å². The van der Waals surface area contributed by atoms with Crippen LogP contribution in [0.5, 0.6) is 0 Å². The zero-order chi connectivity index (χ0) is 14.7. The standard InChI is InChI=1S/C13H14BrN5O/c1-7-3-9(14)4-8(2)12(7)18-13(20)10-5-17-11(19-15)6-16-10/h3-6H,15H2,1-2H3,(H,17,19)(H,18,20). The number of halogens is 1. The van der Waals surface area contributed by atoms with Gasteiger partial charge in [0.05, 0.1) is 12.4 Å². The van der Waals surface area contributed by atoms with E-state index < -0.39 is 0 Å². The molecule has 0 aliphatic rings. The van der Waals surface area contributed by atoms with E-state index in [9.17, 15) is 4.79 Å². The monoisotopic (exact) mass is 335 g/mol. The summed E-state index contributed by atoms with van der Waals surface area (Å²) in [5, 5.41) is 2.85. The van der Waals surface area contributed by atoms with Gasteiger partial charge < -0.3 is 10.7 Å². The van der Waals surface area contributed by atoms with Crippen LogP contribution >= 0.6 is 15.9 Å². The van der Waals surface area contributed by atoms with Crippen LogP contribution in [0.3, 0.4) is 0 Å². The second-order valence-electron chi connectivity index (χ2n) is 4.30. The van der Waals surface area contributed by atoms with Crippen molar-refractivity contribution in [1.29, 1.82) is 0 Å². The van der Waals surface area contributed by atoms with Gasteiger partial charge in [-0.3, -0.25) is 4.79 Å². The minimum atomic E-state index is -0.311. The molecule has 0 spiro atoms. The van der Waals surface area contributed by atoms with Gasteiger partial charge >= 0.3 is 0 Å². The molecule has 0 atom stereocenters. The van der Waals surface area contributed by atoms with Gasteiger partial charge in [-0.05, 0) is 37.1 Å². The molecule has 7 heteroatoms. The molecule has 4 N–H and O–H groups in total. The molecule has 2 aromatic rings. The Hall–Kier alpha value is -1.99. The Labute approximate surface area is 124 Å². The topological polar surface area (TPSA) is 92.9 Å². The molecule has 1 aromatic heterocycles. The predicted molar refractivity (Wildman–Crippen MR) is 81.4 cm³/mol. The molecular formula is C13H14BrN5O. The van der Waals surface area contributed by atoms with Crippen LogP contribution in [-0.2, 0) is 0 Å². The summed E-state index contributed by atoms with van der Waals surface area (Å²) in [6.07, 6.45) is 2.77. The predicted octanol–water partition coefficient (Wildman–Crippen LogP) is 2.39. The van der Waals surface area contributed by atoms with E-state index in [2.05, 4.69) is 36.6 Å². The summed E-state index contributed by atoms with van der Waals surface area (Å²) in [4.78, 5) is 20.1. The first-order valence-electron chi connectivity index (χ1n) is 5.88. The molecule has 1 aromatic carbocycles. The minimum absolute atomic E-state index is 0.228. The average Bonchev–Trinajstić information content (AvgIpc) is 2.42. The zero-order valence-corrected chi connectivity index (χ0v) is 12.7. The molecule has 1 heterocycles.